The summed E-state index contributed by atoms with van der Waals surface area (Å²) in [6, 6.07) is 11.5. The number of hydrogen-bond donors (Lipinski definition) is 1. The number of nitrogens with one attached hydrogen (secondary N) is 1. The van der Waals surface area contributed by atoms with E-state index in [4.69, 9.17) is 4.74 Å². The zero-order valence-electron chi connectivity index (χ0n) is 14.4. The first kappa shape index (κ1) is 18.3. The Labute approximate surface area is 155 Å². The van der Waals surface area contributed by atoms with Crippen LogP contribution >= 0.6 is 11.3 Å². The molecule has 0 aliphatic rings. The summed E-state index contributed by atoms with van der Waals surface area (Å²) in [4.78, 5) is 17.0. The molecule has 0 atom stereocenters. The van der Waals surface area contributed by atoms with Crippen LogP contribution in [-0.4, -0.2) is 31.7 Å². The first-order chi connectivity index (χ1) is 12.4. The predicted molar refractivity (Wildman–Crippen MR) is 103 cm³/mol. The molecule has 136 valence electrons. The molecule has 0 saturated carbocycles. The smallest absolute Gasteiger partial charge is 0.257 e. The minimum atomic E-state index is -3.36. The number of ether oxygens (including phenoxy) is 1. The maximum Gasteiger partial charge on any atom is 0.257 e. The van der Waals surface area contributed by atoms with E-state index in [9.17, 15) is 13.2 Å². The third-order valence-corrected chi connectivity index (χ3v) is 6.39. The number of carbonyl (C=O) groups is 1. The Balaban J connectivity index is 1.84. The summed E-state index contributed by atoms with van der Waals surface area (Å²) in [5, 5.41) is 3.18. The topological polar surface area (TPSA) is 85.4 Å². The lowest BCUT2D eigenvalue weighted by Gasteiger charge is -2.05. The largest absolute Gasteiger partial charge is 0.494 e. The lowest BCUT2D eigenvalue weighted by molar-refractivity contribution is 0.102. The standard InChI is InChI=1S/C18H18N2O4S2/c1-3-24-13-8-9-15-16(11-13)25-18(19-15)20-17(21)12-6-5-7-14(10-12)26(22,23)4-2/h5-11H,3-4H2,1-2H3,(H,19,20,21). The number of anilines is 1. The molecule has 0 bridgehead atoms. The molecule has 0 spiro atoms. The number of benzene rings is 2. The summed E-state index contributed by atoms with van der Waals surface area (Å²) in [6.45, 7) is 4.06. The highest BCUT2D eigenvalue weighted by Crippen LogP contribution is 2.29. The van der Waals surface area contributed by atoms with E-state index < -0.39 is 15.7 Å². The van der Waals surface area contributed by atoms with Crippen molar-refractivity contribution in [3.8, 4) is 5.75 Å². The van der Waals surface area contributed by atoms with Crippen molar-refractivity contribution in [3.05, 3.63) is 48.0 Å². The molecule has 8 heteroatoms. The molecule has 0 aliphatic carbocycles. The zero-order chi connectivity index (χ0) is 18.7. The summed E-state index contributed by atoms with van der Waals surface area (Å²) in [7, 11) is -3.36. The van der Waals surface area contributed by atoms with Crippen molar-refractivity contribution in [1.29, 1.82) is 0 Å². The summed E-state index contributed by atoms with van der Waals surface area (Å²) in [6.07, 6.45) is 0. The molecular formula is C18H18N2O4S2. The molecule has 3 aromatic rings. The van der Waals surface area contributed by atoms with Crippen LogP contribution in [0, 0.1) is 0 Å². The number of nitrogens with zero attached hydrogens (tertiary/aromatic N) is 1. The maximum absolute atomic E-state index is 12.5. The van der Waals surface area contributed by atoms with Crippen molar-refractivity contribution >= 4 is 42.4 Å². The molecule has 0 fully saturated rings. The van der Waals surface area contributed by atoms with E-state index in [1.807, 2.05) is 25.1 Å². The van der Waals surface area contributed by atoms with Gasteiger partial charge in [0.1, 0.15) is 5.75 Å². The van der Waals surface area contributed by atoms with E-state index in [1.165, 1.54) is 23.5 Å². The fraction of sp³-hybridized carbons (Fsp3) is 0.222. The molecule has 26 heavy (non-hydrogen) atoms. The SMILES string of the molecule is CCOc1ccc2nc(NC(=O)c3cccc(S(=O)(=O)CC)c3)sc2c1. The van der Waals surface area contributed by atoms with E-state index in [1.54, 1.807) is 19.1 Å². The quantitative estimate of drug-likeness (QED) is 0.693. The van der Waals surface area contributed by atoms with E-state index in [0.29, 0.717) is 11.7 Å². The monoisotopic (exact) mass is 390 g/mol. The predicted octanol–water partition coefficient (Wildman–Crippen LogP) is 3.74. The van der Waals surface area contributed by atoms with Crippen LogP contribution in [0.3, 0.4) is 0 Å². The third kappa shape index (κ3) is 3.86. The van der Waals surface area contributed by atoms with Crippen molar-refractivity contribution in [1.82, 2.24) is 4.98 Å². The van der Waals surface area contributed by atoms with Gasteiger partial charge in [0.25, 0.3) is 5.91 Å². The van der Waals surface area contributed by atoms with Crippen LogP contribution in [0.15, 0.2) is 47.4 Å². The van der Waals surface area contributed by atoms with Crippen LogP contribution in [0.25, 0.3) is 10.2 Å². The van der Waals surface area contributed by atoms with Gasteiger partial charge in [-0.05, 0) is 43.3 Å². The number of thiazole rings is 1. The molecule has 0 saturated heterocycles. The number of aromatic nitrogens is 1. The summed E-state index contributed by atoms with van der Waals surface area (Å²) < 4.78 is 30.3. The molecule has 0 unspecified atom stereocenters. The third-order valence-electron chi connectivity index (χ3n) is 3.73. The number of fused-ring (bicyclic) bond motifs is 1. The summed E-state index contributed by atoms with van der Waals surface area (Å²) >= 11 is 1.33. The molecule has 1 heterocycles. The van der Waals surface area contributed by atoms with Gasteiger partial charge in [0.2, 0.25) is 0 Å². The summed E-state index contributed by atoms with van der Waals surface area (Å²) in [5.41, 5.74) is 1.03. The van der Waals surface area contributed by atoms with Crippen molar-refractivity contribution in [2.75, 3.05) is 17.7 Å². The number of hydrogen-bond acceptors (Lipinski definition) is 6. The van der Waals surface area contributed by atoms with Crippen molar-refractivity contribution in [2.24, 2.45) is 0 Å². The second-order valence-electron chi connectivity index (χ2n) is 5.47. The van der Waals surface area contributed by atoms with Crippen molar-refractivity contribution in [2.45, 2.75) is 18.7 Å². The van der Waals surface area contributed by atoms with Crippen LogP contribution in [0.2, 0.25) is 0 Å². The van der Waals surface area contributed by atoms with E-state index in [0.717, 1.165) is 16.0 Å². The van der Waals surface area contributed by atoms with Gasteiger partial charge in [-0.3, -0.25) is 10.1 Å². The second kappa shape index (κ2) is 7.43. The number of carbonyl (C=O) groups excluding carboxylic acids is 1. The van der Waals surface area contributed by atoms with Crippen LogP contribution in [0.1, 0.15) is 24.2 Å². The first-order valence-electron chi connectivity index (χ1n) is 8.10. The van der Waals surface area contributed by atoms with Gasteiger partial charge in [-0.15, -0.1) is 0 Å². The van der Waals surface area contributed by atoms with Gasteiger partial charge in [-0.2, -0.15) is 0 Å². The molecule has 2 aromatic carbocycles. The average Bonchev–Trinajstić information content (AvgIpc) is 3.03. The first-order valence-corrected chi connectivity index (χ1v) is 10.6. The maximum atomic E-state index is 12.5. The minimum absolute atomic E-state index is 0.0158. The fourth-order valence-corrected chi connectivity index (χ4v) is 4.20. The van der Waals surface area contributed by atoms with E-state index in [-0.39, 0.29) is 16.2 Å². The van der Waals surface area contributed by atoms with Gasteiger partial charge < -0.3 is 4.74 Å². The lowest BCUT2D eigenvalue weighted by Crippen LogP contribution is -2.13. The van der Waals surface area contributed by atoms with Crippen LogP contribution in [0.4, 0.5) is 5.13 Å². The van der Waals surface area contributed by atoms with Gasteiger partial charge in [-0.25, -0.2) is 13.4 Å². The second-order valence-corrected chi connectivity index (χ2v) is 8.78. The molecule has 1 aromatic heterocycles. The zero-order valence-corrected chi connectivity index (χ0v) is 16.0. The Kier molecular flexibility index (Phi) is 5.24. The van der Waals surface area contributed by atoms with Crippen molar-refractivity contribution < 1.29 is 17.9 Å². The van der Waals surface area contributed by atoms with Crippen LogP contribution in [-0.2, 0) is 9.84 Å². The van der Waals surface area contributed by atoms with Gasteiger partial charge >= 0.3 is 0 Å². The average molecular weight is 390 g/mol. The van der Waals surface area contributed by atoms with Gasteiger partial charge in [0.05, 0.1) is 27.5 Å². The van der Waals surface area contributed by atoms with Crippen LogP contribution in [0.5, 0.6) is 5.75 Å². The molecule has 1 amide bonds. The number of rotatable bonds is 6. The Morgan fingerprint density at radius 3 is 2.73 bits per heavy atom. The molecule has 1 N–H and O–H groups in total. The Morgan fingerprint density at radius 1 is 1.19 bits per heavy atom. The van der Waals surface area contributed by atoms with E-state index in [2.05, 4.69) is 10.3 Å². The Bertz CT molecular complexity index is 1060. The molecule has 3 rings (SSSR count). The van der Waals surface area contributed by atoms with Gasteiger partial charge in [-0.1, -0.05) is 24.3 Å². The molecular weight excluding hydrogens is 372 g/mol. The Morgan fingerprint density at radius 2 is 2.00 bits per heavy atom. The van der Waals surface area contributed by atoms with E-state index >= 15 is 0 Å². The highest BCUT2D eigenvalue weighted by Gasteiger charge is 2.15. The molecule has 0 aliphatic heterocycles. The minimum Gasteiger partial charge on any atom is -0.494 e. The van der Waals surface area contributed by atoms with Crippen LogP contribution < -0.4 is 10.1 Å². The van der Waals surface area contributed by atoms with Crippen molar-refractivity contribution in [3.63, 3.8) is 0 Å². The highest BCUT2D eigenvalue weighted by molar-refractivity contribution is 7.91. The summed E-state index contributed by atoms with van der Waals surface area (Å²) in [5.74, 6) is 0.333. The van der Waals surface area contributed by atoms with Gasteiger partial charge in [0, 0.05) is 5.56 Å². The van der Waals surface area contributed by atoms with Gasteiger partial charge in [0.15, 0.2) is 15.0 Å². The lowest BCUT2D eigenvalue weighted by atomic mass is 10.2. The normalized spacial score (nSPS) is 11.5. The Hall–Kier alpha value is -2.45. The highest BCUT2D eigenvalue weighted by atomic mass is 32.2. The molecule has 0 radical (unpaired) electrons. The molecule has 6 nitrogen and oxygen atoms in total. The number of sulfone groups is 1. The number of amides is 1. The fourth-order valence-electron chi connectivity index (χ4n) is 2.38.